The fraction of sp³-hybridized carbons (Fsp3) is 0.368. The van der Waals surface area contributed by atoms with Crippen molar-refractivity contribution in [2.24, 2.45) is 5.41 Å². The van der Waals surface area contributed by atoms with Crippen LogP contribution in [0.3, 0.4) is 0 Å². The molecule has 4 aromatic heterocycles. The number of imidazole rings is 1. The van der Waals surface area contributed by atoms with Crippen molar-refractivity contribution in [1.29, 1.82) is 0 Å². The average Bonchev–Trinajstić information content (AvgIpc) is 3.19. The Morgan fingerprint density at radius 2 is 2.00 bits per heavy atom. The third-order valence-electron chi connectivity index (χ3n) is 5.97. The second-order valence-electron chi connectivity index (χ2n) is 7.91. The Bertz CT molecular complexity index is 1160. The molecule has 27 heavy (non-hydrogen) atoms. The maximum atomic E-state index is 4.64. The topological polar surface area (TPSA) is 84.4 Å². The van der Waals surface area contributed by atoms with E-state index in [4.69, 9.17) is 0 Å². The minimum Gasteiger partial charge on any atom is -0.350 e. The van der Waals surface area contributed by atoms with Crippen LogP contribution in [-0.2, 0) is 0 Å². The van der Waals surface area contributed by atoms with E-state index in [9.17, 15) is 0 Å². The van der Waals surface area contributed by atoms with Gasteiger partial charge in [-0.05, 0) is 31.2 Å². The van der Waals surface area contributed by atoms with Crippen molar-refractivity contribution < 1.29 is 0 Å². The fourth-order valence-corrected chi connectivity index (χ4v) is 4.38. The van der Waals surface area contributed by atoms with Gasteiger partial charge in [0.1, 0.15) is 0 Å². The summed E-state index contributed by atoms with van der Waals surface area (Å²) in [6.45, 7) is 4.33. The van der Waals surface area contributed by atoms with E-state index in [2.05, 4.69) is 42.9 Å². The molecule has 0 unspecified atom stereocenters. The van der Waals surface area contributed by atoms with Crippen LogP contribution in [0.5, 0.6) is 0 Å². The Balaban J connectivity index is 1.30. The molecule has 0 atom stereocenters. The summed E-state index contributed by atoms with van der Waals surface area (Å²) in [5, 5.41) is 11.5. The lowest BCUT2D eigenvalue weighted by Crippen LogP contribution is -2.63. The first-order valence-electron chi connectivity index (χ1n) is 9.31. The molecule has 8 heteroatoms. The predicted octanol–water partition coefficient (Wildman–Crippen LogP) is 1.91. The van der Waals surface area contributed by atoms with E-state index in [0.29, 0.717) is 23.2 Å². The summed E-state index contributed by atoms with van der Waals surface area (Å²) in [7, 11) is 0. The Labute approximate surface area is 155 Å². The van der Waals surface area contributed by atoms with Gasteiger partial charge in [0.05, 0.1) is 17.9 Å². The third-order valence-corrected chi connectivity index (χ3v) is 5.97. The lowest BCUT2D eigenvalue weighted by molar-refractivity contribution is 0.0467. The molecule has 1 saturated carbocycles. The minimum atomic E-state index is 0.482. The van der Waals surface area contributed by atoms with Crippen molar-refractivity contribution in [2.45, 2.75) is 25.8 Å². The zero-order chi connectivity index (χ0) is 18.0. The van der Waals surface area contributed by atoms with Crippen molar-refractivity contribution in [3.05, 3.63) is 42.7 Å². The maximum absolute atomic E-state index is 4.64. The van der Waals surface area contributed by atoms with Gasteiger partial charge in [-0.25, -0.2) is 19.5 Å². The SMILES string of the molecule is Cc1cnc2ncc(-c3ccn4nc(NC5CC6(CNC6)C5)ncc34)cn12. The molecule has 5 heterocycles. The normalized spacial score (nSPS) is 18.7. The molecule has 2 N–H and O–H groups in total. The highest BCUT2D eigenvalue weighted by Gasteiger charge is 2.48. The van der Waals surface area contributed by atoms with E-state index in [1.54, 1.807) is 0 Å². The molecule has 1 aliphatic heterocycles. The van der Waals surface area contributed by atoms with Gasteiger partial charge in [0.2, 0.25) is 11.7 Å². The molecule has 0 amide bonds. The molecule has 6 rings (SSSR count). The van der Waals surface area contributed by atoms with Gasteiger partial charge in [-0.2, -0.15) is 0 Å². The van der Waals surface area contributed by atoms with Gasteiger partial charge in [0.25, 0.3) is 0 Å². The highest BCUT2D eigenvalue weighted by atomic mass is 15.3. The Morgan fingerprint density at radius 3 is 2.81 bits per heavy atom. The molecule has 0 radical (unpaired) electrons. The number of aromatic nitrogens is 6. The summed E-state index contributed by atoms with van der Waals surface area (Å²) in [6.07, 6.45) is 12.0. The highest BCUT2D eigenvalue weighted by Crippen LogP contribution is 2.45. The predicted molar refractivity (Wildman–Crippen MR) is 102 cm³/mol. The monoisotopic (exact) mass is 360 g/mol. The number of fused-ring (bicyclic) bond motifs is 2. The Morgan fingerprint density at radius 1 is 1.15 bits per heavy atom. The van der Waals surface area contributed by atoms with Crippen LogP contribution in [0.4, 0.5) is 5.95 Å². The van der Waals surface area contributed by atoms with E-state index < -0.39 is 0 Å². The summed E-state index contributed by atoms with van der Waals surface area (Å²) < 4.78 is 3.88. The number of nitrogens with zero attached hydrogens (tertiary/aromatic N) is 6. The van der Waals surface area contributed by atoms with Gasteiger partial charge in [0, 0.05) is 54.5 Å². The van der Waals surface area contributed by atoms with Crippen LogP contribution < -0.4 is 10.6 Å². The first-order chi connectivity index (χ1) is 13.2. The van der Waals surface area contributed by atoms with Crippen LogP contribution in [0.2, 0.25) is 0 Å². The fourth-order valence-electron chi connectivity index (χ4n) is 4.38. The minimum absolute atomic E-state index is 0.482. The second-order valence-corrected chi connectivity index (χ2v) is 7.91. The Hall–Kier alpha value is -3.00. The lowest BCUT2D eigenvalue weighted by atomic mass is 9.62. The lowest BCUT2D eigenvalue weighted by Gasteiger charge is -2.54. The van der Waals surface area contributed by atoms with Gasteiger partial charge >= 0.3 is 0 Å². The molecule has 8 nitrogen and oxygen atoms in total. The molecule has 0 bridgehead atoms. The van der Waals surface area contributed by atoms with Crippen molar-refractivity contribution in [1.82, 2.24) is 34.3 Å². The number of anilines is 1. The number of nitrogens with one attached hydrogen (secondary N) is 2. The molecular formula is C19H20N8. The summed E-state index contributed by atoms with van der Waals surface area (Å²) in [5.41, 5.74) is 4.65. The van der Waals surface area contributed by atoms with Crippen molar-refractivity contribution >= 4 is 17.2 Å². The largest absolute Gasteiger partial charge is 0.350 e. The van der Waals surface area contributed by atoms with Crippen LogP contribution in [0.25, 0.3) is 22.4 Å². The summed E-state index contributed by atoms with van der Waals surface area (Å²) in [5.74, 6) is 1.40. The molecule has 1 aliphatic carbocycles. The average molecular weight is 360 g/mol. The molecule has 1 saturated heterocycles. The van der Waals surface area contributed by atoms with E-state index in [1.807, 2.05) is 40.6 Å². The van der Waals surface area contributed by atoms with Gasteiger partial charge in [-0.1, -0.05) is 0 Å². The summed E-state index contributed by atoms with van der Waals surface area (Å²) >= 11 is 0. The second kappa shape index (κ2) is 5.26. The van der Waals surface area contributed by atoms with Crippen LogP contribution >= 0.6 is 0 Å². The summed E-state index contributed by atoms with van der Waals surface area (Å²) in [4.78, 5) is 13.3. The van der Waals surface area contributed by atoms with Crippen LogP contribution in [-0.4, -0.2) is 48.1 Å². The van der Waals surface area contributed by atoms with Crippen LogP contribution in [0.1, 0.15) is 18.5 Å². The number of rotatable bonds is 3. The third kappa shape index (κ3) is 2.26. The van der Waals surface area contributed by atoms with E-state index in [0.717, 1.165) is 35.4 Å². The maximum Gasteiger partial charge on any atom is 0.241 e. The van der Waals surface area contributed by atoms with Gasteiger partial charge in [0.15, 0.2) is 0 Å². The van der Waals surface area contributed by atoms with E-state index in [-0.39, 0.29) is 0 Å². The first-order valence-corrected chi connectivity index (χ1v) is 9.31. The number of aryl methyl sites for hydroxylation is 1. The van der Waals surface area contributed by atoms with Gasteiger partial charge in [-0.15, -0.1) is 5.10 Å². The standard InChI is InChI=1S/C19H20N8/c1-12-6-22-18-23-7-13(9-26(12)18)15-2-3-27-16(15)8-21-17(25-27)24-14-4-19(5-14)10-20-11-19/h2-3,6-9,14,20H,4-5,10-11H2,1H3,(H,24,25). The molecule has 0 aromatic carbocycles. The highest BCUT2D eigenvalue weighted by molar-refractivity contribution is 5.79. The number of hydrogen-bond acceptors (Lipinski definition) is 6. The van der Waals surface area contributed by atoms with Gasteiger partial charge in [-0.3, -0.25) is 4.40 Å². The smallest absolute Gasteiger partial charge is 0.241 e. The van der Waals surface area contributed by atoms with Gasteiger partial charge < -0.3 is 10.6 Å². The van der Waals surface area contributed by atoms with E-state index >= 15 is 0 Å². The molecular weight excluding hydrogens is 340 g/mol. The Kier molecular flexibility index (Phi) is 2.94. The molecule has 4 aromatic rings. The zero-order valence-corrected chi connectivity index (χ0v) is 15.1. The molecule has 2 aliphatic rings. The molecule has 2 fully saturated rings. The van der Waals surface area contributed by atoms with Crippen LogP contribution in [0.15, 0.2) is 37.1 Å². The van der Waals surface area contributed by atoms with Crippen molar-refractivity contribution in [3.8, 4) is 11.1 Å². The summed E-state index contributed by atoms with van der Waals surface area (Å²) in [6, 6.07) is 2.54. The quantitative estimate of drug-likeness (QED) is 0.581. The van der Waals surface area contributed by atoms with Crippen molar-refractivity contribution in [2.75, 3.05) is 18.4 Å². The van der Waals surface area contributed by atoms with Crippen molar-refractivity contribution in [3.63, 3.8) is 0 Å². The number of hydrogen-bond donors (Lipinski definition) is 2. The zero-order valence-electron chi connectivity index (χ0n) is 15.1. The first kappa shape index (κ1) is 15.1. The molecule has 1 spiro atoms. The van der Waals surface area contributed by atoms with E-state index in [1.165, 1.54) is 12.8 Å². The molecule has 136 valence electrons. The van der Waals surface area contributed by atoms with Crippen LogP contribution in [0, 0.1) is 12.3 Å².